The average molecular weight is 192 g/mol. The normalized spacial score (nSPS) is 12.4. The van der Waals surface area contributed by atoms with Crippen LogP contribution in [-0.2, 0) is 11.2 Å². The fraction of sp³-hybridized carbons (Fsp3) is 0.417. The lowest BCUT2D eigenvalue weighted by molar-refractivity contribution is -0.141. The number of carboxylic acids is 1. The summed E-state index contributed by atoms with van der Waals surface area (Å²) >= 11 is 0. The molecule has 1 aromatic carbocycles. The van der Waals surface area contributed by atoms with E-state index < -0.39 is 5.97 Å². The molecule has 0 spiro atoms. The standard InChI is InChI=1S/C12H16O2/c1-9-3-6-11(7-4-9)8-5-10(2)12(13)14/h3-4,6-7,10H,5,8H2,1-2H3,(H,13,14)/t10-/m1/s1. The molecule has 14 heavy (non-hydrogen) atoms. The number of benzene rings is 1. The second kappa shape index (κ2) is 4.80. The molecule has 0 heterocycles. The minimum Gasteiger partial charge on any atom is -0.481 e. The fourth-order valence-electron chi connectivity index (χ4n) is 1.26. The van der Waals surface area contributed by atoms with Gasteiger partial charge in [-0.15, -0.1) is 0 Å². The number of carboxylic acid groups (broad SMARTS) is 1. The van der Waals surface area contributed by atoms with Crippen molar-refractivity contribution in [2.75, 3.05) is 0 Å². The molecule has 0 bridgehead atoms. The fourth-order valence-corrected chi connectivity index (χ4v) is 1.26. The van der Waals surface area contributed by atoms with Crippen LogP contribution in [0.15, 0.2) is 24.3 Å². The molecule has 0 saturated carbocycles. The number of aryl methyl sites for hydroxylation is 2. The highest BCUT2D eigenvalue weighted by Crippen LogP contribution is 2.10. The van der Waals surface area contributed by atoms with Crippen LogP contribution < -0.4 is 0 Å². The van der Waals surface area contributed by atoms with Crippen molar-refractivity contribution in [3.63, 3.8) is 0 Å². The molecule has 0 saturated heterocycles. The average Bonchev–Trinajstić information content (AvgIpc) is 2.16. The first-order valence-electron chi connectivity index (χ1n) is 4.88. The van der Waals surface area contributed by atoms with Crippen molar-refractivity contribution in [1.29, 1.82) is 0 Å². The minimum absolute atomic E-state index is 0.253. The molecular formula is C12H16O2. The maximum atomic E-state index is 10.6. The van der Waals surface area contributed by atoms with Gasteiger partial charge < -0.3 is 5.11 Å². The molecule has 1 N–H and O–H groups in total. The molecule has 2 heteroatoms. The molecule has 1 atom stereocenters. The molecule has 0 amide bonds. The Morgan fingerprint density at radius 3 is 2.43 bits per heavy atom. The van der Waals surface area contributed by atoms with Crippen molar-refractivity contribution in [2.45, 2.75) is 26.7 Å². The first-order chi connectivity index (χ1) is 6.59. The SMILES string of the molecule is Cc1ccc(CC[C@@H](C)C(=O)O)cc1. The van der Waals surface area contributed by atoms with E-state index in [0.29, 0.717) is 6.42 Å². The second-order valence-electron chi connectivity index (χ2n) is 3.76. The second-order valence-corrected chi connectivity index (χ2v) is 3.76. The van der Waals surface area contributed by atoms with Crippen LogP contribution in [0.4, 0.5) is 0 Å². The largest absolute Gasteiger partial charge is 0.481 e. The number of rotatable bonds is 4. The van der Waals surface area contributed by atoms with Crippen LogP contribution in [0.5, 0.6) is 0 Å². The highest BCUT2D eigenvalue weighted by Gasteiger charge is 2.09. The van der Waals surface area contributed by atoms with Crippen LogP contribution in [0, 0.1) is 12.8 Å². The zero-order valence-corrected chi connectivity index (χ0v) is 8.66. The molecule has 0 fully saturated rings. The molecule has 0 aromatic heterocycles. The highest BCUT2D eigenvalue weighted by atomic mass is 16.4. The Hall–Kier alpha value is -1.31. The zero-order chi connectivity index (χ0) is 10.6. The molecule has 1 rings (SSSR count). The van der Waals surface area contributed by atoms with Gasteiger partial charge in [0, 0.05) is 0 Å². The molecule has 0 aliphatic heterocycles. The highest BCUT2D eigenvalue weighted by molar-refractivity contribution is 5.69. The Balaban J connectivity index is 2.46. The van der Waals surface area contributed by atoms with E-state index in [9.17, 15) is 4.79 Å². The Kier molecular flexibility index (Phi) is 3.69. The van der Waals surface area contributed by atoms with Crippen LogP contribution >= 0.6 is 0 Å². The van der Waals surface area contributed by atoms with Crippen LogP contribution in [0.3, 0.4) is 0 Å². The van der Waals surface area contributed by atoms with Crippen molar-refractivity contribution in [3.05, 3.63) is 35.4 Å². The van der Waals surface area contributed by atoms with Crippen LogP contribution in [0.1, 0.15) is 24.5 Å². The van der Waals surface area contributed by atoms with Crippen molar-refractivity contribution in [3.8, 4) is 0 Å². The molecular weight excluding hydrogens is 176 g/mol. The van der Waals surface area contributed by atoms with Gasteiger partial charge in [-0.25, -0.2) is 0 Å². The van der Waals surface area contributed by atoms with Gasteiger partial charge >= 0.3 is 5.97 Å². The van der Waals surface area contributed by atoms with Crippen LogP contribution in [0.2, 0.25) is 0 Å². The first-order valence-corrected chi connectivity index (χ1v) is 4.88. The molecule has 0 radical (unpaired) electrons. The van der Waals surface area contributed by atoms with E-state index >= 15 is 0 Å². The number of hydrogen-bond acceptors (Lipinski definition) is 1. The van der Waals surface area contributed by atoms with E-state index in [1.54, 1.807) is 6.92 Å². The first kappa shape index (κ1) is 10.8. The van der Waals surface area contributed by atoms with Gasteiger partial charge in [-0.2, -0.15) is 0 Å². The molecule has 76 valence electrons. The van der Waals surface area contributed by atoms with E-state index in [1.165, 1.54) is 11.1 Å². The van der Waals surface area contributed by atoms with Crippen molar-refractivity contribution in [1.82, 2.24) is 0 Å². The van der Waals surface area contributed by atoms with Gasteiger partial charge in [-0.1, -0.05) is 36.8 Å². The quantitative estimate of drug-likeness (QED) is 0.796. The van der Waals surface area contributed by atoms with Gasteiger partial charge in [0.2, 0.25) is 0 Å². The third-order valence-electron chi connectivity index (χ3n) is 2.41. The molecule has 0 aliphatic rings. The van der Waals surface area contributed by atoms with Gasteiger partial charge in [-0.05, 0) is 25.3 Å². The summed E-state index contributed by atoms with van der Waals surface area (Å²) in [5.41, 5.74) is 2.45. The van der Waals surface area contributed by atoms with Crippen LogP contribution in [0.25, 0.3) is 0 Å². The monoisotopic (exact) mass is 192 g/mol. The minimum atomic E-state index is -0.711. The Morgan fingerprint density at radius 1 is 1.36 bits per heavy atom. The molecule has 0 aliphatic carbocycles. The number of hydrogen-bond donors (Lipinski definition) is 1. The van der Waals surface area contributed by atoms with Crippen molar-refractivity contribution >= 4 is 5.97 Å². The molecule has 0 unspecified atom stereocenters. The Morgan fingerprint density at radius 2 is 1.93 bits per heavy atom. The van der Waals surface area contributed by atoms with Gasteiger partial charge in [0.25, 0.3) is 0 Å². The summed E-state index contributed by atoms with van der Waals surface area (Å²) in [5.74, 6) is -0.964. The van der Waals surface area contributed by atoms with Gasteiger partial charge in [0.05, 0.1) is 5.92 Å². The lowest BCUT2D eigenvalue weighted by Crippen LogP contribution is -2.10. The summed E-state index contributed by atoms with van der Waals surface area (Å²) in [6, 6.07) is 8.23. The third kappa shape index (κ3) is 3.21. The Bertz CT molecular complexity index is 301. The van der Waals surface area contributed by atoms with Crippen molar-refractivity contribution < 1.29 is 9.90 Å². The summed E-state index contributed by atoms with van der Waals surface area (Å²) in [6.07, 6.45) is 1.55. The van der Waals surface area contributed by atoms with E-state index in [0.717, 1.165) is 6.42 Å². The van der Waals surface area contributed by atoms with E-state index in [2.05, 4.69) is 24.3 Å². The summed E-state index contributed by atoms with van der Waals surface area (Å²) in [4.78, 5) is 10.6. The number of aliphatic carboxylic acids is 1. The van der Waals surface area contributed by atoms with Crippen molar-refractivity contribution in [2.24, 2.45) is 5.92 Å². The summed E-state index contributed by atoms with van der Waals surface area (Å²) in [7, 11) is 0. The zero-order valence-electron chi connectivity index (χ0n) is 8.66. The van der Waals surface area contributed by atoms with E-state index in [1.807, 2.05) is 6.92 Å². The predicted octanol–water partition coefficient (Wildman–Crippen LogP) is 2.65. The smallest absolute Gasteiger partial charge is 0.306 e. The lowest BCUT2D eigenvalue weighted by atomic mass is 10.0. The van der Waals surface area contributed by atoms with Gasteiger partial charge in [0.15, 0.2) is 0 Å². The topological polar surface area (TPSA) is 37.3 Å². The summed E-state index contributed by atoms with van der Waals surface area (Å²) in [6.45, 7) is 3.79. The molecule has 1 aromatic rings. The Labute approximate surface area is 84.6 Å². The third-order valence-corrected chi connectivity index (χ3v) is 2.41. The molecule has 2 nitrogen and oxygen atoms in total. The number of carbonyl (C=O) groups is 1. The van der Waals surface area contributed by atoms with E-state index in [4.69, 9.17) is 5.11 Å². The summed E-state index contributed by atoms with van der Waals surface area (Å²) < 4.78 is 0. The maximum absolute atomic E-state index is 10.6. The lowest BCUT2D eigenvalue weighted by Gasteiger charge is -2.05. The van der Waals surface area contributed by atoms with Gasteiger partial charge in [0.1, 0.15) is 0 Å². The summed E-state index contributed by atoms with van der Waals surface area (Å²) in [5, 5.41) is 8.70. The predicted molar refractivity (Wildman–Crippen MR) is 56.3 cm³/mol. The van der Waals surface area contributed by atoms with E-state index in [-0.39, 0.29) is 5.92 Å². The van der Waals surface area contributed by atoms with Crippen LogP contribution in [-0.4, -0.2) is 11.1 Å². The maximum Gasteiger partial charge on any atom is 0.306 e. The van der Waals surface area contributed by atoms with Gasteiger partial charge in [-0.3, -0.25) is 4.79 Å².